The molecule has 2 heterocycles. The van der Waals surface area contributed by atoms with Crippen LogP contribution in [0.2, 0.25) is 0 Å². The summed E-state index contributed by atoms with van der Waals surface area (Å²) in [5, 5.41) is 3.37. The van der Waals surface area contributed by atoms with Crippen LogP contribution in [0.1, 0.15) is 31.3 Å². The van der Waals surface area contributed by atoms with Crippen LogP contribution >= 0.6 is 0 Å². The number of rotatable bonds is 5. The van der Waals surface area contributed by atoms with Gasteiger partial charge in [-0.05, 0) is 26.2 Å². The normalized spacial score (nSPS) is 15.3. The Hall–Kier alpha value is -1.42. The van der Waals surface area contributed by atoms with Crippen molar-refractivity contribution in [2.45, 2.75) is 33.1 Å². The molecular formula is C14H21N3O. The lowest BCUT2D eigenvalue weighted by Gasteiger charge is -2.14. The van der Waals surface area contributed by atoms with Crippen molar-refractivity contribution in [3.8, 4) is 0 Å². The second kappa shape index (κ2) is 6.50. The molecule has 0 radical (unpaired) electrons. The summed E-state index contributed by atoms with van der Waals surface area (Å²) in [6.07, 6.45) is 5.26. The number of nitrogens with one attached hydrogen (secondary N) is 1. The molecule has 18 heavy (non-hydrogen) atoms. The smallest absolute Gasteiger partial charge is 0.129 e. The minimum atomic E-state index is 0.766. The van der Waals surface area contributed by atoms with Crippen LogP contribution in [0.25, 0.3) is 0 Å². The summed E-state index contributed by atoms with van der Waals surface area (Å²) in [7, 11) is 0. The van der Waals surface area contributed by atoms with Crippen molar-refractivity contribution >= 4 is 5.82 Å². The highest BCUT2D eigenvalue weighted by atomic mass is 16.5. The molecule has 0 unspecified atom stereocenters. The van der Waals surface area contributed by atoms with Crippen molar-refractivity contribution < 1.29 is 4.74 Å². The largest absolute Gasteiger partial charge is 0.377 e. The number of aryl methyl sites for hydroxylation is 2. The van der Waals surface area contributed by atoms with Crippen molar-refractivity contribution in [1.82, 2.24) is 9.97 Å². The Morgan fingerprint density at radius 2 is 2.28 bits per heavy atom. The summed E-state index contributed by atoms with van der Waals surface area (Å²) < 4.78 is 5.29. The summed E-state index contributed by atoms with van der Waals surface area (Å²) in [5.74, 6) is 1.77. The second-order valence-electron chi connectivity index (χ2n) is 4.51. The number of nitrogens with zero attached hydrogens (tertiary/aromatic N) is 2. The number of aromatic nitrogens is 2. The number of hydrogen-bond donors (Lipinski definition) is 1. The third-order valence-electron chi connectivity index (χ3n) is 3.06. The van der Waals surface area contributed by atoms with E-state index < -0.39 is 0 Å². The first-order valence-electron chi connectivity index (χ1n) is 6.62. The van der Waals surface area contributed by atoms with E-state index in [4.69, 9.17) is 4.74 Å². The average molecular weight is 247 g/mol. The van der Waals surface area contributed by atoms with Gasteiger partial charge < -0.3 is 10.1 Å². The Labute approximate surface area is 108 Å². The Morgan fingerprint density at radius 1 is 1.39 bits per heavy atom. The van der Waals surface area contributed by atoms with Crippen molar-refractivity contribution in [3.63, 3.8) is 0 Å². The topological polar surface area (TPSA) is 47.0 Å². The van der Waals surface area contributed by atoms with Crippen LogP contribution in [0.15, 0.2) is 17.7 Å². The SMILES string of the molecule is CCc1cc(NCCC2=CCOCC2)nc(C)n1. The first kappa shape index (κ1) is 13.0. The zero-order valence-electron chi connectivity index (χ0n) is 11.2. The number of anilines is 1. The Bertz CT molecular complexity index is 429. The third kappa shape index (κ3) is 3.81. The molecule has 98 valence electrons. The van der Waals surface area contributed by atoms with Gasteiger partial charge in [-0.15, -0.1) is 0 Å². The maximum atomic E-state index is 5.29. The van der Waals surface area contributed by atoms with Gasteiger partial charge in [0, 0.05) is 18.3 Å². The summed E-state index contributed by atoms with van der Waals surface area (Å²) in [5.41, 5.74) is 2.57. The second-order valence-corrected chi connectivity index (χ2v) is 4.51. The lowest BCUT2D eigenvalue weighted by atomic mass is 10.1. The van der Waals surface area contributed by atoms with E-state index in [9.17, 15) is 0 Å². The molecule has 0 amide bonds. The van der Waals surface area contributed by atoms with Gasteiger partial charge in [-0.2, -0.15) is 0 Å². The molecule has 4 heteroatoms. The lowest BCUT2D eigenvalue weighted by Crippen LogP contribution is -2.10. The van der Waals surface area contributed by atoms with Gasteiger partial charge in [0.25, 0.3) is 0 Å². The maximum absolute atomic E-state index is 5.29. The fraction of sp³-hybridized carbons (Fsp3) is 0.571. The van der Waals surface area contributed by atoms with Crippen LogP contribution in [-0.2, 0) is 11.2 Å². The monoisotopic (exact) mass is 247 g/mol. The molecule has 1 aromatic heterocycles. The van der Waals surface area contributed by atoms with E-state index in [1.54, 1.807) is 0 Å². The molecular weight excluding hydrogens is 226 g/mol. The molecule has 0 atom stereocenters. The van der Waals surface area contributed by atoms with Gasteiger partial charge in [0.05, 0.1) is 13.2 Å². The Morgan fingerprint density at radius 3 is 3.00 bits per heavy atom. The van der Waals surface area contributed by atoms with Crippen LogP contribution < -0.4 is 5.32 Å². The van der Waals surface area contributed by atoms with E-state index in [1.807, 2.05) is 13.0 Å². The first-order valence-corrected chi connectivity index (χ1v) is 6.62. The standard InChI is InChI=1S/C14H21N3O/c1-3-13-10-14(17-11(2)16-13)15-7-4-12-5-8-18-9-6-12/h5,10H,3-4,6-9H2,1-2H3,(H,15,16,17). The average Bonchev–Trinajstić information content (AvgIpc) is 2.39. The third-order valence-corrected chi connectivity index (χ3v) is 3.06. The van der Waals surface area contributed by atoms with Crippen molar-refractivity contribution in [2.75, 3.05) is 25.1 Å². The molecule has 1 N–H and O–H groups in total. The number of ether oxygens (including phenoxy) is 1. The van der Waals surface area contributed by atoms with Crippen LogP contribution in [0.5, 0.6) is 0 Å². The van der Waals surface area contributed by atoms with E-state index in [2.05, 4.69) is 28.3 Å². The predicted molar refractivity (Wildman–Crippen MR) is 72.8 cm³/mol. The van der Waals surface area contributed by atoms with Gasteiger partial charge >= 0.3 is 0 Å². The van der Waals surface area contributed by atoms with Gasteiger partial charge in [-0.1, -0.05) is 18.6 Å². The van der Waals surface area contributed by atoms with E-state index >= 15 is 0 Å². The minimum absolute atomic E-state index is 0.766. The van der Waals surface area contributed by atoms with Crippen LogP contribution in [-0.4, -0.2) is 29.7 Å². The van der Waals surface area contributed by atoms with Gasteiger partial charge in [0.2, 0.25) is 0 Å². The molecule has 2 rings (SSSR count). The van der Waals surface area contributed by atoms with Crippen molar-refractivity contribution in [3.05, 3.63) is 29.2 Å². The number of hydrogen-bond acceptors (Lipinski definition) is 4. The molecule has 0 saturated heterocycles. The van der Waals surface area contributed by atoms with Crippen LogP contribution in [0.4, 0.5) is 5.82 Å². The van der Waals surface area contributed by atoms with E-state index in [-0.39, 0.29) is 0 Å². The molecule has 4 nitrogen and oxygen atoms in total. The van der Waals surface area contributed by atoms with Crippen LogP contribution in [0.3, 0.4) is 0 Å². The molecule has 1 aliphatic heterocycles. The molecule has 0 aliphatic carbocycles. The Kier molecular flexibility index (Phi) is 4.70. The highest BCUT2D eigenvalue weighted by Crippen LogP contribution is 2.13. The molecule has 0 spiro atoms. The first-order chi connectivity index (χ1) is 8.78. The lowest BCUT2D eigenvalue weighted by molar-refractivity contribution is 0.153. The zero-order valence-corrected chi connectivity index (χ0v) is 11.2. The van der Waals surface area contributed by atoms with Crippen molar-refractivity contribution in [2.24, 2.45) is 0 Å². The Balaban J connectivity index is 1.86. The molecule has 1 aliphatic rings. The molecule has 0 bridgehead atoms. The van der Waals surface area contributed by atoms with Gasteiger partial charge in [-0.25, -0.2) is 9.97 Å². The summed E-state index contributed by atoms with van der Waals surface area (Å²) in [4.78, 5) is 8.77. The van der Waals surface area contributed by atoms with E-state index in [1.165, 1.54) is 5.57 Å². The molecule has 0 aromatic carbocycles. The fourth-order valence-corrected chi connectivity index (χ4v) is 2.04. The maximum Gasteiger partial charge on any atom is 0.129 e. The van der Waals surface area contributed by atoms with E-state index in [0.29, 0.717) is 0 Å². The van der Waals surface area contributed by atoms with E-state index in [0.717, 1.165) is 56.4 Å². The van der Waals surface area contributed by atoms with Gasteiger partial charge in [0.15, 0.2) is 0 Å². The highest BCUT2D eigenvalue weighted by molar-refractivity contribution is 5.36. The predicted octanol–water partition coefficient (Wildman–Crippen LogP) is 2.50. The molecule has 0 saturated carbocycles. The highest BCUT2D eigenvalue weighted by Gasteiger charge is 2.04. The molecule has 1 aromatic rings. The summed E-state index contributed by atoms with van der Waals surface area (Å²) >= 11 is 0. The van der Waals surface area contributed by atoms with Crippen LogP contribution in [0, 0.1) is 6.92 Å². The minimum Gasteiger partial charge on any atom is -0.377 e. The van der Waals surface area contributed by atoms with Crippen molar-refractivity contribution in [1.29, 1.82) is 0 Å². The summed E-state index contributed by atoms with van der Waals surface area (Å²) in [6.45, 7) is 6.59. The fourth-order valence-electron chi connectivity index (χ4n) is 2.04. The zero-order chi connectivity index (χ0) is 12.8. The van der Waals surface area contributed by atoms with Gasteiger partial charge in [0.1, 0.15) is 11.6 Å². The molecule has 0 fully saturated rings. The quantitative estimate of drug-likeness (QED) is 0.812. The summed E-state index contributed by atoms with van der Waals surface area (Å²) in [6, 6.07) is 2.03. The van der Waals surface area contributed by atoms with Gasteiger partial charge in [-0.3, -0.25) is 0 Å².